The maximum absolute atomic E-state index is 12.0. The third-order valence-corrected chi connectivity index (χ3v) is 3.48. The molecule has 0 saturated heterocycles. The van der Waals surface area contributed by atoms with E-state index in [1.807, 2.05) is 50.4 Å². The summed E-state index contributed by atoms with van der Waals surface area (Å²) in [5.74, 6) is 0.814. The van der Waals surface area contributed by atoms with Crippen molar-refractivity contribution in [2.24, 2.45) is 7.05 Å². The van der Waals surface area contributed by atoms with Gasteiger partial charge in [-0.2, -0.15) is 5.10 Å². The maximum atomic E-state index is 12.0. The molecular weight excluding hydrogens is 306 g/mol. The second-order valence-corrected chi connectivity index (χ2v) is 5.53. The first-order valence-corrected chi connectivity index (χ1v) is 7.58. The number of nitrogens with zero attached hydrogens (tertiary/aromatic N) is 4. The van der Waals surface area contributed by atoms with E-state index in [2.05, 4.69) is 15.5 Å². The quantitative estimate of drug-likeness (QED) is 0.781. The number of amides is 1. The first-order chi connectivity index (χ1) is 11.5. The van der Waals surface area contributed by atoms with Crippen LogP contribution in [-0.4, -0.2) is 32.1 Å². The molecule has 0 radical (unpaired) electrons. The van der Waals surface area contributed by atoms with Gasteiger partial charge >= 0.3 is 0 Å². The average Bonchev–Trinajstić information content (AvgIpc) is 3.08. The largest absolute Gasteiger partial charge is 0.466 e. The van der Waals surface area contributed by atoms with Crippen molar-refractivity contribution in [1.82, 2.24) is 19.6 Å². The third-order valence-electron chi connectivity index (χ3n) is 3.48. The van der Waals surface area contributed by atoms with E-state index in [-0.39, 0.29) is 12.5 Å². The molecule has 3 rings (SSSR count). The van der Waals surface area contributed by atoms with E-state index in [1.54, 1.807) is 22.5 Å². The summed E-state index contributed by atoms with van der Waals surface area (Å²) in [7, 11) is 1.77. The summed E-state index contributed by atoms with van der Waals surface area (Å²) in [5, 5.41) is 11.3. The molecule has 1 amide bonds. The Morgan fingerprint density at radius 2 is 1.96 bits per heavy atom. The number of para-hydroxylation sites is 1. The summed E-state index contributed by atoms with van der Waals surface area (Å²) < 4.78 is 8.89. The minimum Gasteiger partial charge on any atom is -0.466 e. The van der Waals surface area contributed by atoms with Crippen LogP contribution < -0.4 is 10.1 Å². The number of hydrogen-bond acceptors (Lipinski definition) is 4. The van der Waals surface area contributed by atoms with Gasteiger partial charge in [0.05, 0.1) is 11.4 Å². The summed E-state index contributed by atoms with van der Waals surface area (Å²) >= 11 is 0. The fraction of sp³-hybridized carbons (Fsp3) is 0.235. The molecule has 1 N–H and O–H groups in total. The highest BCUT2D eigenvalue weighted by Gasteiger charge is 2.11. The second kappa shape index (κ2) is 6.57. The van der Waals surface area contributed by atoms with Gasteiger partial charge in [0.25, 0.3) is 5.91 Å². The van der Waals surface area contributed by atoms with E-state index in [0.29, 0.717) is 11.7 Å². The topological polar surface area (TPSA) is 74.0 Å². The number of hydrogen-bond donors (Lipinski definition) is 1. The number of nitrogens with one attached hydrogen (secondary N) is 1. The van der Waals surface area contributed by atoms with Gasteiger partial charge in [0.15, 0.2) is 6.61 Å². The van der Waals surface area contributed by atoms with Crippen LogP contribution in [0.4, 0.5) is 5.82 Å². The van der Waals surface area contributed by atoms with Gasteiger partial charge in [-0.05, 0) is 26.0 Å². The molecule has 0 bridgehead atoms. The molecular formula is C17H19N5O2. The van der Waals surface area contributed by atoms with Crippen molar-refractivity contribution in [2.45, 2.75) is 13.8 Å². The van der Waals surface area contributed by atoms with Crippen molar-refractivity contribution in [3.05, 3.63) is 53.9 Å². The van der Waals surface area contributed by atoms with Gasteiger partial charge < -0.3 is 10.1 Å². The first kappa shape index (κ1) is 15.8. The first-order valence-electron chi connectivity index (χ1n) is 7.58. The standard InChI is InChI=1S/C17H19N5O2/c1-12-10-22(14-7-5-4-6-8-14)20-17(12)24-11-16(23)18-15-9-13(2)19-21(15)3/h4-10H,11H2,1-3H3,(H,18,23). The molecule has 1 aromatic carbocycles. The molecule has 0 unspecified atom stereocenters. The molecule has 0 aliphatic carbocycles. The Bertz CT molecular complexity index is 851. The molecule has 3 aromatic rings. The van der Waals surface area contributed by atoms with E-state index < -0.39 is 0 Å². The predicted octanol–water partition coefficient (Wildman–Crippen LogP) is 2.24. The maximum Gasteiger partial charge on any atom is 0.263 e. The van der Waals surface area contributed by atoms with Crippen molar-refractivity contribution in [2.75, 3.05) is 11.9 Å². The molecule has 0 atom stereocenters. The highest BCUT2D eigenvalue weighted by Crippen LogP contribution is 2.18. The molecule has 124 valence electrons. The smallest absolute Gasteiger partial charge is 0.263 e. The van der Waals surface area contributed by atoms with Crippen LogP contribution in [0.2, 0.25) is 0 Å². The molecule has 0 aliphatic rings. The van der Waals surface area contributed by atoms with Crippen molar-refractivity contribution < 1.29 is 9.53 Å². The predicted molar refractivity (Wildman–Crippen MR) is 90.4 cm³/mol. The van der Waals surface area contributed by atoms with Crippen LogP contribution in [0.5, 0.6) is 5.88 Å². The molecule has 0 aliphatic heterocycles. The lowest BCUT2D eigenvalue weighted by Crippen LogP contribution is -2.22. The zero-order valence-electron chi connectivity index (χ0n) is 13.9. The number of rotatable bonds is 5. The van der Waals surface area contributed by atoms with Crippen molar-refractivity contribution in [3.8, 4) is 11.6 Å². The SMILES string of the molecule is Cc1cc(NC(=O)COc2nn(-c3ccccc3)cc2C)n(C)n1. The van der Waals surface area contributed by atoms with Crippen LogP contribution in [0.15, 0.2) is 42.6 Å². The number of aryl methyl sites for hydroxylation is 3. The van der Waals surface area contributed by atoms with Gasteiger partial charge in [0, 0.05) is 24.9 Å². The van der Waals surface area contributed by atoms with E-state index in [9.17, 15) is 4.79 Å². The zero-order valence-corrected chi connectivity index (χ0v) is 13.9. The van der Waals surface area contributed by atoms with E-state index >= 15 is 0 Å². The molecule has 2 heterocycles. The third kappa shape index (κ3) is 3.45. The van der Waals surface area contributed by atoms with E-state index in [4.69, 9.17) is 4.74 Å². The van der Waals surface area contributed by atoms with Gasteiger partial charge in [-0.15, -0.1) is 5.10 Å². The molecule has 7 heteroatoms. The molecule has 0 saturated carbocycles. The zero-order chi connectivity index (χ0) is 17.1. The number of carbonyl (C=O) groups excluding carboxylic acids is 1. The lowest BCUT2D eigenvalue weighted by Gasteiger charge is -2.06. The molecule has 24 heavy (non-hydrogen) atoms. The van der Waals surface area contributed by atoms with Crippen molar-refractivity contribution in [1.29, 1.82) is 0 Å². The monoisotopic (exact) mass is 325 g/mol. The summed E-state index contributed by atoms with van der Waals surface area (Å²) in [6.07, 6.45) is 1.87. The molecule has 0 spiro atoms. The minimum atomic E-state index is -0.258. The fourth-order valence-corrected chi connectivity index (χ4v) is 2.34. The molecule has 0 fully saturated rings. The number of carbonyl (C=O) groups is 1. The Kier molecular flexibility index (Phi) is 4.33. The summed E-state index contributed by atoms with van der Waals surface area (Å²) in [4.78, 5) is 12.0. The number of ether oxygens (including phenoxy) is 1. The Labute approximate surface area is 139 Å². The highest BCUT2D eigenvalue weighted by molar-refractivity contribution is 5.91. The Hall–Kier alpha value is -3.09. The van der Waals surface area contributed by atoms with Crippen LogP contribution in [0.3, 0.4) is 0 Å². The van der Waals surface area contributed by atoms with Gasteiger partial charge in [0.2, 0.25) is 5.88 Å². The highest BCUT2D eigenvalue weighted by atomic mass is 16.5. The van der Waals surface area contributed by atoms with Gasteiger partial charge in [-0.1, -0.05) is 18.2 Å². The van der Waals surface area contributed by atoms with Gasteiger partial charge in [-0.3, -0.25) is 9.48 Å². The van der Waals surface area contributed by atoms with Crippen molar-refractivity contribution in [3.63, 3.8) is 0 Å². The van der Waals surface area contributed by atoms with E-state index in [0.717, 1.165) is 16.9 Å². The van der Waals surface area contributed by atoms with Crippen LogP contribution in [0.1, 0.15) is 11.3 Å². The normalized spacial score (nSPS) is 10.6. The van der Waals surface area contributed by atoms with Gasteiger partial charge in [0.1, 0.15) is 5.82 Å². The number of aromatic nitrogens is 4. The Morgan fingerprint density at radius 3 is 2.62 bits per heavy atom. The molecule has 2 aromatic heterocycles. The lowest BCUT2D eigenvalue weighted by atomic mass is 10.3. The van der Waals surface area contributed by atoms with Crippen molar-refractivity contribution >= 4 is 11.7 Å². The Balaban J connectivity index is 1.63. The minimum absolute atomic E-state index is 0.114. The number of anilines is 1. The molecule has 7 nitrogen and oxygen atoms in total. The second-order valence-electron chi connectivity index (χ2n) is 5.53. The number of benzene rings is 1. The fourth-order valence-electron chi connectivity index (χ4n) is 2.34. The van der Waals surface area contributed by atoms with Crippen LogP contribution in [0.25, 0.3) is 5.69 Å². The van der Waals surface area contributed by atoms with Crippen LogP contribution >= 0.6 is 0 Å². The van der Waals surface area contributed by atoms with Crippen LogP contribution in [-0.2, 0) is 11.8 Å². The average molecular weight is 325 g/mol. The summed E-state index contributed by atoms with van der Waals surface area (Å²) in [5.41, 5.74) is 2.64. The Morgan fingerprint density at radius 1 is 1.21 bits per heavy atom. The van der Waals surface area contributed by atoms with Crippen LogP contribution in [0, 0.1) is 13.8 Å². The van der Waals surface area contributed by atoms with Gasteiger partial charge in [-0.25, -0.2) is 4.68 Å². The summed E-state index contributed by atoms with van der Waals surface area (Å²) in [6, 6.07) is 11.5. The summed E-state index contributed by atoms with van der Waals surface area (Å²) in [6.45, 7) is 3.65. The van der Waals surface area contributed by atoms with E-state index in [1.165, 1.54) is 0 Å². The lowest BCUT2D eigenvalue weighted by molar-refractivity contribution is -0.118.